The SMILES string of the molecule is CCc1[nH]nc(-c2ccc(Cl)cc2)c1NC(=O)CC1CCCC1. The molecule has 1 aliphatic carbocycles. The van der Waals surface area contributed by atoms with Crippen LogP contribution in [-0.2, 0) is 11.2 Å². The largest absolute Gasteiger partial charge is 0.323 e. The number of carbonyl (C=O) groups excluding carboxylic acids is 1. The topological polar surface area (TPSA) is 57.8 Å². The molecule has 1 saturated carbocycles. The molecule has 1 heterocycles. The number of halogens is 1. The van der Waals surface area contributed by atoms with Crippen LogP contribution in [0.2, 0.25) is 5.02 Å². The lowest BCUT2D eigenvalue weighted by molar-refractivity contribution is -0.117. The summed E-state index contributed by atoms with van der Waals surface area (Å²) in [7, 11) is 0. The molecule has 1 aromatic carbocycles. The van der Waals surface area contributed by atoms with Crippen LogP contribution >= 0.6 is 11.6 Å². The van der Waals surface area contributed by atoms with Gasteiger partial charge in [0.05, 0.1) is 11.4 Å². The lowest BCUT2D eigenvalue weighted by Crippen LogP contribution is -2.16. The van der Waals surface area contributed by atoms with E-state index in [4.69, 9.17) is 11.6 Å². The Morgan fingerprint density at radius 3 is 2.65 bits per heavy atom. The number of H-pyrrole nitrogens is 1. The zero-order valence-corrected chi connectivity index (χ0v) is 14.1. The highest BCUT2D eigenvalue weighted by Gasteiger charge is 2.21. The number of anilines is 1. The van der Waals surface area contributed by atoms with Crippen molar-refractivity contribution in [1.82, 2.24) is 10.2 Å². The molecule has 122 valence electrons. The molecule has 0 unspecified atom stereocenters. The van der Waals surface area contributed by atoms with Gasteiger partial charge in [-0.05, 0) is 37.3 Å². The minimum atomic E-state index is 0.0863. The van der Waals surface area contributed by atoms with Crippen molar-refractivity contribution < 1.29 is 4.79 Å². The third kappa shape index (κ3) is 3.75. The zero-order chi connectivity index (χ0) is 16.2. The van der Waals surface area contributed by atoms with Crippen LogP contribution in [0.25, 0.3) is 11.3 Å². The van der Waals surface area contributed by atoms with Crippen molar-refractivity contribution in [3.05, 3.63) is 35.0 Å². The van der Waals surface area contributed by atoms with E-state index in [-0.39, 0.29) is 5.91 Å². The molecule has 0 radical (unpaired) electrons. The standard InChI is InChI=1S/C18H22ClN3O/c1-2-15-18(20-16(23)11-12-5-3-4-6-12)17(22-21-15)13-7-9-14(19)10-8-13/h7-10,12H,2-6,11H2,1H3,(H,20,23)(H,21,22). The first-order valence-corrected chi connectivity index (χ1v) is 8.68. The molecule has 1 aliphatic rings. The van der Waals surface area contributed by atoms with Crippen LogP contribution in [0.15, 0.2) is 24.3 Å². The van der Waals surface area contributed by atoms with Crippen LogP contribution in [-0.4, -0.2) is 16.1 Å². The molecule has 4 nitrogen and oxygen atoms in total. The van der Waals surface area contributed by atoms with Crippen molar-refractivity contribution in [3.8, 4) is 11.3 Å². The summed E-state index contributed by atoms with van der Waals surface area (Å²) in [5.74, 6) is 0.620. The molecule has 2 N–H and O–H groups in total. The Morgan fingerprint density at radius 1 is 1.30 bits per heavy atom. The van der Waals surface area contributed by atoms with Gasteiger partial charge in [-0.2, -0.15) is 5.10 Å². The molecular weight excluding hydrogens is 310 g/mol. The summed E-state index contributed by atoms with van der Waals surface area (Å²) in [5.41, 5.74) is 3.48. The fourth-order valence-corrected chi connectivity index (χ4v) is 3.38. The number of rotatable bonds is 5. The molecule has 0 aliphatic heterocycles. The van der Waals surface area contributed by atoms with E-state index in [1.54, 1.807) is 0 Å². The van der Waals surface area contributed by atoms with E-state index in [0.717, 1.165) is 29.1 Å². The second-order valence-corrected chi connectivity index (χ2v) is 6.63. The molecule has 3 rings (SSSR count). The molecule has 0 saturated heterocycles. The van der Waals surface area contributed by atoms with Crippen molar-refractivity contribution in [2.45, 2.75) is 45.4 Å². The first-order valence-electron chi connectivity index (χ1n) is 8.30. The molecule has 1 aromatic heterocycles. The molecule has 23 heavy (non-hydrogen) atoms. The molecule has 5 heteroatoms. The number of hydrogen-bond acceptors (Lipinski definition) is 2. The Balaban J connectivity index is 1.80. The molecule has 0 spiro atoms. The van der Waals surface area contributed by atoms with Crippen LogP contribution in [0, 0.1) is 5.92 Å². The smallest absolute Gasteiger partial charge is 0.224 e. The number of benzene rings is 1. The summed E-state index contributed by atoms with van der Waals surface area (Å²) < 4.78 is 0. The maximum atomic E-state index is 12.4. The summed E-state index contributed by atoms with van der Waals surface area (Å²) in [6.45, 7) is 2.05. The van der Waals surface area contributed by atoms with Gasteiger partial charge in [0.2, 0.25) is 5.91 Å². The van der Waals surface area contributed by atoms with Crippen molar-refractivity contribution in [3.63, 3.8) is 0 Å². The van der Waals surface area contributed by atoms with E-state index in [1.807, 2.05) is 31.2 Å². The molecule has 0 bridgehead atoms. The predicted molar refractivity (Wildman–Crippen MR) is 93.6 cm³/mol. The van der Waals surface area contributed by atoms with Crippen LogP contribution in [0.5, 0.6) is 0 Å². The molecule has 1 fully saturated rings. The monoisotopic (exact) mass is 331 g/mol. The van der Waals surface area contributed by atoms with E-state index in [2.05, 4.69) is 15.5 Å². The Bertz CT molecular complexity index is 672. The molecule has 0 atom stereocenters. The highest BCUT2D eigenvalue weighted by molar-refractivity contribution is 6.30. The number of aromatic amines is 1. The van der Waals surface area contributed by atoms with Gasteiger partial charge in [-0.25, -0.2) is 0 Å². The number of nitrogens with zero attached hydrogens (tertiary/aromatic N) is 1. The molecular formula is C18H22ClN3O. The Labute approximate surface area is 141 Å². The Hall–Kier alpha value is -1.81. The van der Waals surface area contributed by atoms with Crippen LogP contribution in [0.3, 0.4) is 0 Å². The lowest BCUT2D eigenvalue weighted by Gasteiger charge is -2.11. The van der Waals surface area contributed by atoms with Crippen LogP contribution in [0.4, 0.5) is 5.69 Å². The highest BCUT2D eigenvalue weighted by atomic mass is 35.5. The number of nitrogens with one attached hydrogen (secondary N) is 2. The van der Waals surface area contributed by atoms with Crippen molar-refractivity contribution in [1.29, 1.82) is 0 Å². The average Bonchev–Trinajstić information content (AvgIpc) is 3.18. The Kier molecular flexibility index (Phi) is 5.01. The van der Waals surface area contributed by atoms with Crippen molar-refractivity contribution in [2.75, 3.05) is 5.32 Å². The number of amides is 1. The predicted octanol–water partition coefficient (Wildman–Crippen LogP) is 4.81. The van der Waals surface area contributed by atoms with E-state index < -0.39 is 0 Å². The fraction of sp³-hybridized carbons (Fsp3) is 0.444. The third-order valence-electron chi connectivity index (χ3n) is 4.53. The van der Waals surface area contributed by atoms with E-state index in [1.165, 1.54) is 25.7 Å². The van der Waals surface area contributed by atoms with Gasteiger partial charge in [0.1, 0.15) is 5.69 Å². The normalized spacial score (nSPS) is 15.0. The summed E-state index contributed by atoms with van der Waals surface area (Å²) in [6.07, 6.45) is 6.24. The first-order chi connectivity index (χ1) is 11.2. The molecule has 2 aromatic rings. The Morgan fingerprint density at radius 2 is 2.00 bits per heavy atom. The molecule has 1 amide bonds. The minimum Gasteiger partial charge on any atom is -0.323 e. The maximum Gasteiger partial charge on any atom is 0.224 e. The van der Waals surface area contributed by atoms with Gasteiger partial charge in [-0.15, -0.1) is 0 Å². The number of aromatic nitrogens is 2. The van der Waals surface area contributed by atoms with E-state index >= 15 is 0 Å². The zero-order valence-electron chi connectivity index (χ0n) is 13.4. The van der Waals surface area contributed by atoms with Gasteiger partial charge in [0.25, 0.3) is 0 Å². The number of aryl methyl sites for hydroxylation is 1. The summed E-state index contributed by atoms with van der Waals surface area (Å²) >= 11 is 5.95. The summed E-state index contributed by atoms with van der Waals surface area (Å²) in [4.78, 5) is 12.4. The quantitative estimate of drug-likeness (QED) is 0.825. The summed E-state index contributed by atoms with van der Waals surface area (Å²) in [6, 6.07) is 7.51. The van der Waals surface area contributed by atoms with Gasteiger partial charge in [0, 0.05) is 17.0 Å². The van der Waals surface area contributed by atoms with Gasteiger partial charge in [-0.3, -0.25) is 9.89 Å². The van der Waals surface area contributed by atoms with Crippen molar-refractivity contribution >= 4 is 23.2 Å². The highest BCUT2D eigenvalue weighted by Crippen LogP contribution is 2.32. The van der Waals surface area contributed by atoms with Gasteiger partial charge in [-0.1, -0.05) is 43.5 Å². The minimum absolute atomic E-state index is 0.0863. The van der Waals surface area contributed by atoms with Crippen LogP contribution in [0.1, 0.15) is 44.7 Å². The summed E-state index contributed by atoms with van der Waals surface area (Å²) in [5, 5.41) is 11.2. The van der Waals surface area contributed by atoms with Crippen molar-refractivity contribution in [2.24, 2.45) is 5.92 Å². The second-order valence-electron chi connectivity index (χ2n) is 6.19. The number of hydrogen-bond donors (Lipinski definition) is 2. The lowest BCUT2D eigenvalue weighted by atomic mass is 10.0. The third-order valence-corrected chi connectivity index (χ3v) is 4.78. The van der Waals surface area contributed by atoms with Crippen LogP contribution < -0.4 is 5.32 Å². The first kappa shape index (κ1) is 16.1. The second kappa shape index (κ2) is 7.18. The maximum absolute atomic E-state index is 12.4. The average molecular weight is 332 g/mol. The van der Waals surface area contributed by atoms with Gasteiger partial charge < -0.3 is 5.32 Å². The fourth-order valence-electron chi connectivity index (χ4n) is 3.25. The number of carbonyl (C=O) groups is 1. The van der Waals surface area contributed by atoms with Gasteiger partial charge in [0.15, 0.2) is 0 Å². The van der Waals surface area contributed by atoms with E-state index in [9.17, 15) is 4.79 Å². The van der Waals surface area contributed by atoms with Gasteiger partial charge >= 0.3 is 0 Å². The van der Waals surface area contributed by atoms with E-state index in [0.29, 0.717) is 17.4 Å².